The van der Waals surface area contributed by atoms with Crippen LogP contribution in [-0.4, -0.2) is 16.5 Å². The van der Waals surface area contributed by atoms with Gasteiger partial charge in [-0.25, -0.2) is 9.97 Å². The summed E-state index contributed by atoms with van der Waals surface area (Å²) >= 11 is 6.28. The van der Waals surface area contributed by atoms with E-state index in [-0.39, 0.29) is 0 Å². The van der Waals surface area contributed by atoms with Crippen molar-refractivity contribution >= 4 is 11.6 Å². The van der Waals surface area contributed by atoms with Crippen LogP contribution in [0.15, 0.2) is 24.3 Å². The average molecular weight is 288 g/mol. The topological polar surface area (TPSA) is 37.8 Å². The normalized spacial score (nSPS) is 14.4. The second kappa shape index (κ2) is 5.51. The molecular formula is C16H18ClN3. The highest BCUT2D eigenvalue weighted by Gasteiger charge is 2.20. The van der Waals surface area contributed by atoms with Gasteiger partial charge >= 0.3 is 0 Å². The van der Waals surface area contributed by atoms with Gasteiger partial charge in [0, 0.05) is 30.6 Å². The molecule has 20 heavy (non-hydrogen) atoms. The van der Waals surface area contributed by atoms with Crippen LogP contribution in [0.25, 0.3) is 11.4 Å². The maximum absolute atomic E-state index is 6.28. The predicted octanol–water partition coefficient (Wildman–Crippen LogP) is 3.57. The van der Waals surface area contributed by atoms with Crippen LogP contribution in [0.5, 0.6) is 0 Å². The number of rotatable bonds is 2. The number of halogens is 1. The lowest BCUT2D eigenvalue weighted by Crippen LogP contribution is -2.27. The Hall–Kier alpha value is -1.45. The van der Waals surface area contributed by atoms with Gasteiger partial charge in [0.05, 0.1) is 16.4 Å². The first-order valence-corrected chi connectivity index (χ1v) is 7.40. The standard InChI is InChI=1S/C16H18ClN3/c1-10(2)15-12-9-18-8-7-14(12)19-16(20-15)11-5-3-4-6-13(11)17/h3-6,10,18H,7-9H2,1-2H3. The third-order valence-electron chi connectivity index (χ3n) is 3.63. The number of hydrogen-bond donors (Lipinski definition) is 1. The van der Waals surface area contributed by atoms with Gasteiger partial charge in [-0.15, -0.1) is 0 Å². The molecule has 1 N–H and O–H groups in total. The van der Waals surface area contributed by atoms with E-state index in [1.807, 2.05) is 24.3 Å². The van der Waals surface area contributed by atoms with Gasteiger partial charge in [0.15, 0.2) is 5.82 Å². The van der Waals surface area contributed by atoms with Gasteiger partial charge in [0.2, 0.25) is 0 Å². The number of aromatic nitrogens is 2. The molecule has 2 aromatic rings. The van der Waals surface area contributed by atoms with Crippen LogP contribution in [-0.2, 0) is 13.0 Å². The molecule has 1 aromatic heterocycles. The summed E-state index contributed by atoms with van der Waals surface area (Å²) in [6, 6.07) is 7.77. The second-order valence-electron chi connectivity index (χ2n) is 5.42. The number of nitrogens with zero attached hydrogens (tertiary/aromatic N) is 2. The van der Waals surface area contributed by atoms with E-state index in [1.165, 1.54) is 5.56 Å². The number of benzene rings is 1. The molecule has 104 valence electrons. The molecule has 0 amide bonds. The first-order valence-electron chi connectivity index (χ1n) is 7.02. The molecular weight excluding hydrogens is 270 g/mol. The van der Waals surface area contributed by atoms with Crippen LogP contribution in [0.4, 0.5) is 0 Å². The third-order valence-corrected chi connectivity index (χ3v) is 3.96. The lowest BCUT2D eigenvalue weighted by molar-refractivity contribution is 0.609. The number of nitrogens with one attached hydrogen (secondary N) is 1. The molecule has 3 nitrogen and oxygen atoms in total. The summed E-state index contributed by atoms with van der Waals surface area (Å²) in [7, 11) is 0. The van der Waals surface area contributed by atoms with Gasteiger partial charge in [-0.05, 0) is 18.1 Å². The number of hydrogen-bond acceptors (Lipinski definition) is 3. The molecule has 0 bridgehead atoms. The van der Waals surface area contributed by atoms with E-state index in [0.29, 0.717) is 10.9 Å². The molecule has 0 radical (unpaired) electrons. The zero-order chi connectivity index (χ0) is 14.1. The summed E-state index contributed by atoms with van der Waals surface area (Å²) in [5.74, 6) is 1.13. The van der Waals surface area contributed by atoms with Gasteiger partial charge in [0.25, 0.3) is 0 Å². The van der Waals surface area contributed by atoms with Crippen LogP contribution in [0.1, 0.15) is 36.7 Å². The van der Waals surface area contributed by atoms with E-state index < -0.39 is 0 Å². The van der Waals surface area contributed by atoms with E-state index >= 15 is 0 Å². The first kappa shape index (κ1) is 13.5. The molecule has 1 aliphatic heterocycles. The summed E-state index contributed by atoms with van der Waals surface area (Å²) < 4.78 is 0. The van der Waals surface area contributed by atoms with Crippen molar-refractivity contribution < 1.29 is 0 Å². The molecule has 2 heterocycles. The smallest absolute Gasteiger partial charge is 0.161 e. The summed E-state index contributed by atoms with van der Waals surface area (Å²) in [5, 5.41) is 4.11. The van der Waals surface area contributed by atoms with Crippen molar-refractivity contribution in [3.8, 4) is 11.4 Å². The Morgan fingerprint density at radius 3 is 2.75 bits per heavy atom. The van der Waals surface area contributed by atoms with E-state index in [4.69, 9.17) is 21.6 Å². The Morgan fingerprint density at radius 1 is 1.20 bits per heavy atom. The van der Waals surface area contributed by atoms with E-state index in [2.05, 4.69) is 19.2 Å². The minimum absolute atomic E-state index is 0.382. The maximum atomic E-state index is 6.28. The van der Waals surface area contributed by atoms with Crippen molar-refractivity contribution in [3.63, 3.8) is 0 Å². The van der Waals surface area contributed by atoms with Crippen molar-refractivity contribution in [2.75, 3.05) is 6.54 Å². The van der Waals surface area contributed by atoms with Crippen molar-refractivity contribution in [2.45, 2.75) is 32.7 Å². The van der Waals surface area contributed by atoms with Crippen LogP contribution < -0.4 is 5.32 Å². The van der Waals surface area contributed by atoms with Gasteiger partial charge < -0.3 is 5.32 Å². The quantitative estimate of drug-likeness (QED) is 0.918. The first-order chi connectivity index (χ1) is 9.66. The minimum Gasteiger partial charge on any atom is -0.312 e. The van der Waals surface area contributed by atoms with E-state index in [9.17, 15) is 0 Å². The summed E-state index contributed by atoms with van der Waals surface area (Å²) in [5.41, 5.74) is 4.48. The van der Waals surface area contributed by atoms with Gasteiger partial charge in [0.1, 0.15) is 0 Å². The lowest BCUT2D eigenvalue weighted by atomic mass is 9.98. The lowest BCUT2D eigenvalue weighted by Gasteiger charge is -2.22. The molecule has 0 saturated carbocycles. The Balaban J connectivity index is 2.18. The molecule has 4 heteroatoms. The predicted molar refractivity (Wildman–Crippen MR) is 82.0 cm³/mol. The molecule has 1 aromatic carbocycles. The average Bonchev–Trinajstić information content (AvgIpc) is 2.46. The Labute approximate surface area is 124 Å². The highest BCUT2D eigenvalue weighted by Crippen LogP contribution is 2.29. The molecule has 0 atom stereocenters. The zero-order valence-corrected chi connectivity index (χ0v) is 12.5. The van der Waals surface area contributed by atoms with Crippen molar-refractivity contribution in [2.24, 2.45) is 0 Å². The molecule has 0 spiro atoms. The Morgan fingerprint density at radius 2 is 2.00 bits per heavy atom. The maximum Gasteiger partial charge on any atom is 0.161 e. The molecule has 0 aliphatic carbocycles. The molecule has 1 aliphatic rings. The fraction of sp³-hybridized carbons (Fsp3) is 0.375. The molecule has 0 fully saturated rings. The summed E-state index contributed by atoms with van der Waals surface area (Å²) in [4.78, 5) is 9.53. The third kappa shape index (κ3) is 2.43. The molecule has 3 rings (SSSR count). The largest absolute Gasteiger partial charge is 0.312 e. The van der Waals surface area contributed by atoms with Gasteiger partial charge in [-0.1, -0.05) is 37.6 Å². The number of fused-ring (bicyclic) bond motifs is 1. The van der Waals surface area contributed by atoms with Crippen molar-refractivity contribution in [1.82, 2.24) is 15.3 Å². The highest BCUT2D eigenvalue weighted by atomic mass is 35.5. The van der Waals surface area contributed by atoms with E-state index in [1.54, 1.807) is 0 Å². The van der Waals surface area contributed by atoms with E-state index in [0.717, 1.165) is 42.3 Å². The molecule has 0 saturated heterocycles. The van der Waals surface area contributed by atoms with Gasteiger partial charge in [-0.2, -0.15) is 0 Å². The van der Waals surface area contributed by atoms with Gasteiger partial charge in [-0.3, -0.25) is 0 Å². The fourth-order valence-electron chi connectivity index (χ4n) is 2.61. The Bertz CT molecular complexity index is 638. The Kier molecular flexibility index (Phi) is 3.72. The second-order valence-corrected chi connectivity index (χ2v) is 5.83. The van der Waals surface area contributed by atoms with Crippen LogP contribution in [0.3, 0.4) is 0 Å². The van der Waals surface area contributed by atoms with Crippen LogP contribution in [0, 0.1) is 0 Å². The molecule has 0 unspecified atom stereocenters. The minimum atomic E-state index is 0.382. The van der Waals surface area contributed by atoms with Crippen molar-refractivity contribution in [3.05, 3.63) is 46.2 Å². The van der Waals surface area contributed by atoms with Crippen molar-refractivity contribution in [1.29, 1.82) is 0 Å². The monoisotopic (exact) mass is 287 g/mol. The van der Waals surface area contributed by atoms with Crippen LogP contribution in [0.2, 0.25) is 5.02 Å². The SMILES string of the molecule is CC(C)c1nc(-c2ccccc2Cl)nc2c1CNCC2. The van der Waals surface area contributed by atoms with Crippen LogP contribution >= 0.6 is 11.6 Å². The fourth-order valence-corrected chi connectivity index (χ4v) is 2.83. The summed E-state index contributed by atoms with van der Waals surface area (Å²) in [6.45, 7) is 6.19. The highest BCUT2D eigenvalue weighted by molar-refractivity contribution is 6.33. The summed E-state index contributed by atoms with van der Waals surface area (Å²) in [6.07, 6.45) is 0.953. The zero-order valence-electron chi connectivity index (χ0n) is 11.8.